The van der Waals surface area contributed by atoms with E-state index in [9.17, 15) is 0 Å². The number of aromatic nitrogens is 3. The van der Waals surface area contributed by atoms with Crippen LogP contribution in [0, 0.1) is 11.7 Å². The van der Waals surface area contributed by atoms with Crippen molar-refractivity contribution in [3.8, 4) is 11.4 Å². The van der Waals surface area contributed by atoms with E-state index in [4.69, 9.17) is 17.3 Å². The summed E-state index contributed by atoms with van der Waals surface area (Å²) < 4.78 is 4.92. The standard InChI is InChI=1S/C25H31N5S/c1-3-29-24(23-13-7-9-21(2)19-23)26-30(25(29)31)20-28-17-15-27(16-18-28)14-8-12-22-10-5-4-6-11-22/h4-13,19H,3,14-18,20H2,1-2H3/b12-8+. The molecule has 5 nitrogen and oxygen atoms in total. The smallest absolute Gasteiger partial charge is 0.199 e. The van der Waals surface area contributed by atoms with E-state index >= 15 is 0 Å². The van der Waals surface area contributed by atoms with Crippen molar-refractivity contribution in [2.24, 2.45) is 0 Å². The molecule has 0 aliphatic carbocycles. The summed E-state index contributed by atoms with van der Waals surface area (Å²) in [5.41, 5.74) is 3.62. The van der Waals surface area contributed by atoms with Crippen LogP contribution in [0.3, 0.4) is 0 Å². The van der Waals surface area contributed by atoms with Gasteiger partial charge in [-0.2, -0.15) is 5.10 Å². The third kappa shape index (κ3) is 5.39. The maximum absolute atomic E-state index is 5.76. The molecule has 4 rings (SSSR count). The molecule has 2 heterocycles. The van der Waals surface area contributed by atoms with Crippen molar-refractivity contribution in [1.29, 1.82) is 0 Å². The maximum atomic E-state index is 5.76. The van der Waals surface area contributed by atoms with Crippen molar-refractivity contribution in [1.82, 2.24) is 24.1 Å². The van der Waals surface area contributed by atoms with Crippen molar-refractivity contribution in [2.75, 3.05) is 32.7 Å². The van der Waals surface area contributed by atoms with Crippen LogP contribution in [0.2, 0.25) is 0 Å². The summed E-state index contributed by atoms with van der Waals surface area (Å²) in [5, 5.41) is 4.90. The lowest BCUT2D eigenvalue weighted by molar-refractivity contribution is 0.110. The first-order valence-electron chi connectivity index (χ1n) is 11.0. The first-order valence-corrected chi connectivity index (χ1v) is 11.5. The minimum atomic E-state index is 0.748. The molecular formula is C25H31N5S. The summed E-state index contributed by atoms with van der Waals surface area (Å²) >= 11 is 5.76. The molecule has 0 amide bonds. The van der Waals surface area contributed by atoms with Crippen molar-refractivity contribution >= 4 is 18.3 Å². The van der Waals surface area contributed by atoms with Crippen molar-refractivity contribution < 1.29 is 0 Å². The van der Waals surface area contributed by atoms with E-state index in [0.29, 0.717) is 0 Å². The molecule has 1 aliphatic rings. The van der Waals surface area contributed by atoms with Gasteiger partial charge in [-0.05, 0) is 37.7 Å². The number of benzene rings is 2. The molecule has 0 N–H and O–H groups in total. The SMILES string of the molecule is CCn1c(-c2cccc(C)c2)nn(CN2CCN(C/C=C/c3ccccc3)CC2)c1=S. The van der Waals surface area contributed by atoms with Crippen molar-refractivity contribution in [3.63, 3.8) is 0 Å². The molecule has 1 saturated heterocycles. The fourth-order valence-electron chi connectivity index (χ4n) is 4.02. The van der Waals surface area contributed by atoms with E-state index in [0.717, 1.165) is 62.1 Å². The summed E-state index contributed by atoms with van der Waals surface area (Å²) in [4.78, 5) is 4.94. The van der Waals surface area contributed by atoms with Gasteiger partial charge in [-0.25, -0.2) is 4.68 Å². The molecule has 0 spiro atoms. The van der Waals surface area contributed by atoms with Gasteiger partial charge in [0.25, 0.3) is 0 Å². The van der Waals surface area contributed by atoms with Crippen LogP contribution in [0.1, 0.15) is 18.1 Å². The third-order valence-corrected chi connectivity index (χ3v) is 6.22. The third-order valence-electron chi connectivity index (χ3n) is 5.79. The Hall–Kier alpha value is -2.54. The Kier molecular flexibility index (Phi) is 7.12. The summed E-state index contributed by atoms with van der Waals surface area (Å²) in [6.07, 6.45) is 4.47. The van der Waals surface area contributed by atoms with Gasteiger partial charge in [0.2, 0.25) is 0 Å². The summed E-state index contributed by atoms with van der Waals surface area (Å²) in [5.74, 6) is 0.959. The monoisotopic (exact) mass is 433 g/mol. The molecule has 0 saturated carbocycles. The molecule has 31 heavy (non-hydrogen) atoms. The Morgan fingerprint density at radius 1 is 0.968 bits per heavy atom. The van der Waals surface area contributed by atoms with Gasteiger partial charge in [0.15, 0.2) is 10.6 Å². The van der Waals surface area contributed by atoms with E-state index in [1.807, 2.05) is 4.68 Å². The lowest BCUT2D eigenvalue weighted by Gasteiger charge is -2.33. The zero-order valence-electron chi connectivity index (χ0n) is 18.4. The second-order valence-corrected chi connectivity index (χ2v) is 8.46. The Morgan fingerprint density at radius 3 is 2.42 bits per heavy atom. The average Bonchev–Trinajstić information content (AvgIpc) is 3.11. The van der Waals surface area contributed by atoms with Crippen LogP contribution in [-0.4, -0.2) is 56.9 Å². The zero-order valence-corrected chi connectivity index (χ0v) is 19.3. The normalized spacial score (nSPS) is 15.7. The lowest BCUT2D eigenvalue weighted by atomic mass is 10.1. The fourth-order valence-corrected chi connectivity index (χ4v) is 4.33. The molecule has 0 unspecified atom stereocenters. The lowest BCUT2D eigenvalue weighted by Crippen LogP contribution is -2.46. The highest BCUT2D eigenvalue weighted by molar-refractivity contribution is 7.71. The minimum absolute atomic E-state index is 0.748. The predicted octanol–water partition coefficient (Wildman–Crippen LogP) is 4.70. The van der Waals surface area contributed by atoms with Gasteiger partial charge in [-0.1, -0.05) is 66.2 Å². The van der Waals surface area contributed by atoms with E-state index in [1.165, 1.54) is 11.1 Å². The van der Waals surface area contributed by atoms with Crippen molar-refractivity contribution in [2.45, 2.75) is 27.1 Å². The summed E-state index contributed by atoms with van der Waals surface area (Å²) in [6.45, 7) is 11.0. The molecule has 6 heteroatoms. The Balaban J connectivity index is 1.36. The molecule has 0 atom stereocenters. The topological polar surface area (TPSA) is 29.2 Å². The van der Waals surface area contributed by atoms with Gasteiger partial charge in [0, 0.05) is 44.8 Å². The molecule has 162 valence electrons. The summed E-state index contributed by atoms with van der Waals surface area (Å²) in [6, 6.07) is 19.0. The number of nitrogens with zero attached hydrogens (tertiary/aromatic N) is 5. The van der Waals surface area contributed by atoms with E-state index in [1.54, 1.807) is 0 Å². The van der Waals surface area contributed by atoms with Gasteiger partial charge in [0.1, 0.15) is 0 Å². The minimum Gasteiger partial charge on any atom is -0.300 e. The van der Waals surface area contributed by atoms with Crippen LogP contribution in [0.15, 0.2) is 60.7 Å². The molecule has 1 aliphatic heterocycles. The average molecular weight is 434 g/mol. The zero-order chi connectivity index (χ0) is 21.6. The second kappa shape index (κ2) is 10.2. The fraction of sp³-hybridized carbons (Fsp3) is 0.360. The van der Waals surface area contributed by atoms with Gasteiger partial charge in [-0.15, -0.1) is 0 Å². The molecule has 0 bridgehead atoms. The van der Waals surface area contributed by atoms with Crippen LogP contribution in [0.4, 0.5) is 0 Å². The molecular weight excluding hydrogens is 402 g/mol. The number of hydrogen-bond acceptors (Lipinski definition) is 4. The Bertz CT molecular complexity index is 1070. The molecule has 0 radical (unpaired) electrons. The number of piperazine rings is 1. The first-order chi connectivity index (χ1) is 15.1. The highest BCUT2D eigenvalue weighted by Crippen LogP contribution is 2.20. The second-order valence-electron chi connectivity index (χ2n) is 8.09. The quantitative estimate of drug-likeness (QED) is 0.505. The van der Waals surface area contributed by atoms with Gasteiger partial charge >= 0.3 is 0 Å². The number of hydrogen-bond donors (Lipinski definition) is 0. The van der Waals surface area contributed by atoms with Crippen LogP contribution in [0.25, 0.3) is 17.5 Å². The Morgan fingerprint density at radius 2 is 1.71 bits per heavy atom. The van der Waals surface area contributed by atoms with Crippen LogP contribution in [0.5, 0.6) is 0 Å². The van der Waals surface area contributed by atoms with E-state index < -0.39 is 0 Å². The molecule has 3 aromatic rings. The highest BCUT2D eigenvalue weighted by atomic mass is 32.1. The van der Waals surface area contributed by atoms with Gasteiger partial charge in [0.05, 0.1) is 6.67 Å². The van der Waals surface area contributed by atoms with Crippen LogP contribution >= 0.6 is 12.2 Å². The molecule has 1 aromatic heterocycles. The maximum Gasteiger partial charge on any atom is 0.199 e. The number of aryl methyl sites for hydroxylation is 1. The Labute approximate surface area is 190 Å². The van der Waals surface area contributed by atoms with Gasteiger partial charge < -0.3 is 4.57 Å². The first kappa shape index (κ1) is 21.7. The van der Waals surface area contributed by atoms with Crippen LogP contribution < -0.4 is 0 Å². The summed E-state index contributed by atoms with van der Waals surface area (Å²) in [7, 11) is 0. The van der Waals surface area contributed by atoms with Crippen LogP contribution in [-0.2, 0) is 13.2 Å². The molecule has 1 fully saturated rings. The highest BCUT2D eigenvalue weighted by Gasteiger charge is 2.18. The van der Waals surface area contributed by atoms with E-state index in [2.05, 4.69) is 95.0 Å². The van der Waals surface area contributed by atoms with Gasteiger partial charge in [-0.3, -0.25) is 9.80 Å². The largest absolute Gasteiger partial charge is 0.300 e. The van der Waals surface area contributed by atoms with Crippen molar-refractivity contribution in [3.05, 3.63) is 76.6 Å². The molecule has 2 aromatic carbocycles. The number of rotatable bonds is 7. The van der Waals surface area contributed by atoms with E-state index in [-0.39, 0.29) is 0 Å². The predicted molar refractivity (Wildman–Crippen MR) is 130 cm³/mol.